The predicted molar refractivity (Wildman–Crippen MR) is 80.1 cm³/mol. The van der Waals surface area contributed by atoms with Crippen LogP contribution in [0.15, 0.2) is 29.2 Å². The van der Waals surface area contributed by atoms with Gasteiger partial charge in [-0.2, -0.15) is 0 Å². The first kappa shape index (κ1) is 16.4. The third kappa shape index (κ3) is 5.52. The number of benzene rings is 1. The number of hydrogen-bond donors (Lipinski definition) is 2. The Morgan fingerprint density at radius 3 is 2.45 bits per heavy atom. The molecule has 0 saturated carbocycles. The predicted octanol–water partition coefficient (Wildman–Crippen LogP) is 2.41. The van der Waals surface area contributed by atoms with Crippen molar-refractivity contribution < 1.29 is 14.3 Å². The fraction of sp³-hybridized carbons (Fsp3) is 0.429. The maximum atomic E-state index is 11.8. The van der Waals surface area contributed by atoms with E-state index in [4.69, 9.17) is 4.74 Å². The van der Waals surface area contributed by atoms with Crippen molar-refractivity contribution in [1.82, 2.24) is 10.6 Å². The third-order valence-corrected chi connectivity index (χ3v) is 3.50. The van der Waals surface area contributed by atoms with Gasteiger partial charge in [-0.3, -0.25) is 10.1 Å². The monoisotopic (exact) mass is 296 g/mol. The van der Waals surface area contributed by atoms with E-state index in [-0.39, 0.29) is 11.2 Å². The van der Waals surface area contributed by atoms with Crippen LogP contribution in [0.4, 0.5) is 4.79 Å². The van der Waals surface area contributed by atoms with E-state index in [1.54, 1.807) is 13.8 Å². The van der Waals surface area contributed by atoms with Crippen molar-refractivity contribution in [3.63, 3.8) is 0 Å². The molecule has 0 heterocycles. The van der Waals surface area contributed by atoms with Crippen LogP contribution in [0.3, 0.4) is 0 Å². The van der Waals surface area contributed by atoms with Crippen LogP contribution in [0, 0.1) is 0 Å². The summed E-state index contributed by atoms with van der Waals surface area (Å²) in [7, 11) is 0. The van der Waals surface area contributed by atoms with Gasteiger partial charge in [-0.05, 0) is 45.0 Å². The second-order valence-corrected chi connectivity index (χ2v) is 5.43. The third-order valence-electron chi connectivity index (χ3n) is 2.39. The lowest BCUT2D eigenvalue weighted by Gasteiger charge is -2.11. The summed E-state index contributed by atoms with van der Waals surface area (Å²) in [6, 6.07) is 7.05. The van der Waals surface area contributed by atoms with Crippen LogP contribution in [-0.2, 0) is 4.79 Å². The second kappa shape index (κ2) is 8.47. The van der Waals surface area contributed by atoms with E-state index in [9.17, 15) is 9.59 Å². The van der Waals surface area contributed by atoms with E-state index >= 15 is 0 Å². The minimum atomic E-state index is -0.461. The Bertz CT molecular complexity index is 448. The molecule has 0 fully saturated rings. The molecule has 1 unspecified atom stereocenters. The summed E-state index contributed by atoms with van der Waals surface area (Å²) < 4.78 is 5.35. The number of urea groups is 1. The number of carbonyl (C=O) groups is 2. The molecule has 0 aromatic heterocycles. The Labute approximate surface area is 123 Å². The van der Waals surface area contributed by atoms with Crippen LogP contribution in [0.1, 0.15) is 20.8 Å². The van der Waals surface area contributed by atoms with E-state index in [0.717, 1.165) is 10.6 Å². The van der Waals surface area contributed by atoms with Crippen molar-refractivity contribution in [3.05, 3.63) is 24.3 Å². The number of hydrogen-bond acceptors (Lipinski definition) is 4. The van der Waals surface area contributed by atoms with Gasteiger partial charge in [0.05, 0.1) is 11.9 Å². The van der Waals surface area contributed by atoms with Crippen LogP contribution in [0.25, 0.3) is 0 Å². The van der Waals surface area contributed by atoms with Crippen molar-refractivity contribution >= 4 is 23.7 Å². The molecule has 5 nitrogen and oxygen atoms in total. The summed E-state index contributed by atoms with van der Waals surface area (Å²) in [5.41, 5.74) is 0. The van der Waals surface area contributed by atoms with Crippen molar-refractivity contribution in [1.29, 1.82) is 0 Å². The first-order valence-corrected chi connectivity index (χ1v) is 7.43. The summed E-state index contributed by atoms with van der Waals surface area (Å²) in [5.74, 6) is 0.492. The normalized spacial score (nSPS) is 11.6. The van der Waals surface area contributed by atoms with Gasteiger partial charge >= 0.3 is 6.03 Å². The summed E-state index contributed by atoms with van der Waals surface area (Å²) in [6.07, 6.45) is 0. The zero-order chi connectivity index (χ0) is 15.0. The van der Waals surface area contributed by atoms with Crippen molar-refractivity contribution in [2.24, 2.45) is 0 Å². The Balaban J connectivity index is 2.50. The highest BCUT2D eigenvalue weighted by molar-refractivity contribution is 8.00. The standard InChI is InChI=1S/C14H20N2O3S/c1-4-15-14(18)16-13(17)10(3)20-12-8-6-11(7-9-12)19-5-2/h6-10H,4-5H2,1-3H3,(H2,15,16,17,18). The number of ether oxygens (including phenoxy) is 1. The Hall–Kier alpha value is -1.69. The van der Waals surface area contributed by atoms with Crippen LogP contribution in [0.2, 0.25) is 0 Å². The average molecular weight is 296 g/mol. The SMILES string of the molecule is CCNC(=O)NC(=O)C(C)Sc1ccc(OCC)cc1. The molecule has 1 rings (SSSR count). The van der Waals surface area contributed by atoms with E-state index in [0.29, 0.717) is 13.2 Å². The summed E-state index contributed by atoms with van der Waals surface area (Å²) >= 11 is 1.39. The number of carbonyl (C=O) groups excluding carboxylic acids is 2. The van der Waals surface area contributed by atoms with E-state index < -0.39 is 6.03 Å². The molecular formula is C14H20N2O3S. The average Bonchev–Trinajstić information content (AvgIpc) is 2.41. The topological polar surface area (TPSA) is 67.4 Å². The number of rotatable bonds is 6. The Kier molecular flexibility index (Phi) is 6.93. The van der Waals surface area contributed by atoms with Gasteiger partial charge in [0.25, 0.3) is 0 Å². The van der Waals surface area contributed by atoms with Crippen LogP contribution < -0.4 is 15.4 Å². The van der Waals surface area contributed by atoms with Crippen LogP contribution in [0.5, 0.6) is 5.75 Å². The molecular weight excluding hydrogens is 276 g/mol. The molecule has 0 aliphatic heterocycles. The number of amides is 3. The van der Waals surface area contributed by atoms with Crippen molar-refractivity contribution in [2.45, 2.75) is 30.9 Å². The number of imide groups is 1. The molecule has 1 aromatic rings. The van der Waals surface area contributed by atoms with Crippen molar-refractivity contribution in [2.75, 3.05) is 13.2 Å². The molecule has 0 aliphatic carbocycles. The Morgan fingerprint density at radius 1 is 1.25 bits per heavy atom. The molecule has 3 amide bonds. The molecule has 110 valence electrons. The molecule has 2 N–H and O–H groups in total. The number of thioether (sulfide) groups is 1. The van der Waals surface area contributed by atoms with E-state index in [1.165, 1.54) is 11.8 Å². The molecule has 0 aliphatic rings. The van der Waals surface area contributed by atoms with Gasteiger partial charge in [0, 0.05) is 11.4 Å². The second-order valence-electron chi connectivity index (χ2n) is 4.01. The molecule has 6 heteroatoms. The highest BCUT2D eigenvalue weighted by atomic mass is 32.2. The molecule has 20 heavy (non-hydrogen) atoms. The van der Waals surface area contributed by atoms with Gasteiger partial charge in [-0.25, -0.2) is 4.79 Å². The summed E-state index contributed by atoms with van der Waals surface area (Å²) in [4.78, 5) is 24.0. The van der Waals surface area contributed by atoms with E-state index in [1.807, 2.05) is 31.2 Å². The quantitative estimate of drug-likeness (QED) is 0.791. The van der Waals surface area contributed by atoms with Crippen LogP contribution >= 0.6 is 11.8 Å². The largest absolute Gasteiger partial charge is 0.494 e. The Morgan fingerprint density at radius 2 is 1.90 bits per heavy atom. The first-order chi connectivity index (χ1) is 9.56. The highest BCUT2D eigenvalue weighted by Gasteiger charge is 2.16. The molecule has 1 atom stereocenters. The lowest BCUT2D eigenvalue weighted by atomic mass is 10.3. The fourth-order valence-electron chi connectivity index (χ4n) is 1.46. The minimum Gasteiger partial charge on any atom is -0.494 e. The van der Waals surface area contributed by atoms with Crippen molar-refractivity contribution in [3.8, 4) is 5.75 Å². The maximum Gasteiger partial charge on any atom is 0.321 e. The number of nitrogens with one attached hydrogen (secondary N) is 2. The maximum absolute atomic E-state index is 11.8. The van der Waals surface area contributed by atoms with Gasteiger partial charge in [0.2, 0.25) is 5.91 Å². The zero-order valence-corrected chi connectivity index (χ0v) is 12.8. The van der Waals surface area contributed by atoms with Gasteiger partial charge in [-0.1, -0.05) is 0 Å². The molecule has 0 spiro atoms. The first-order valence-electron chi connectivity index (χ1n) is 6.55. The minimum absolute atomic E-state index is 0.310. The smallest absolute Gasteiger partial charge is 0.321 e. The van der Waals surface area contributed by atoms with Gasteiger partial charge in [0.1, 0.15) is 5.75 Å². The van der Waals surface area contributed by atoms with Gasteiger partial charge in [0.15, 0.2) is 0 Å². The van der Waals surface area contributed by atoms with E-state index in [2.05, 4.69) is 10.6 Å². The fourth-order valence-corrected chi connectivity index (χ4v) is 2.32. The van der Waals surface area contributed by atoms with Gasteiger partial charge in [-0.15, -0.1) is 11.8 Å². The molecule has 0 saturated heterocycles. The lowest BCUT2D eigenvalue weighted by Crippen LogP contribution is -2.42. The summed E-state index contributed by atoms with van der Waals surface area (Å²) in [6.45, 7) is 6.59. The zero-order valence-electron chi connectivity index (χ0n) is 11.9. The molecule has 0 radical (unpaired) electrons. The molecule has 0 bridgehead atoms. The van der Waals surface area contributed by atoms with Crippen LogP contribution in [-0.4, -0.2) is 30.3 Å². The molecule has 1 aromatic carbocycles. The summed E-state index contributed by atoms with van der Waals surface area (Å²) in [5, 5.41) is 4.47. The highest BCUT2D eigenvalue weighted by Crippen LogP contribution is 2.25. The lowest BCUT2D eigenvalue weighted by molar-refractivity contribution is -0.119. The van der Waals surface area contributed by atoms with Gasteiger partial charge < -0.3 is 10.1 Å².